The zero-order chi connectivity index (χ0) is 11.5. The Morgan fingerprint density at radius 3 is 2.62 bits per heavy atom. The van der Waals surface area contributed by atoms with Crippen LogP contribution in [0.4, 0.5) is 8.78 Å². The molecule has 4 heteroatoms. The summed E-state index contributed by atoms with van der Waals surface area (Å²) in [6, 6.07) is 6.49. The molecule has 2 rings (SSSR count). The van der Waals surface area contributed by atoms with Crippen LogP contribution in [-0.4, -0.2) is 0 Å². The third-order valence-electron chi connectivity index (χ3n) is 2.26. The van der Waals surface area contributed by atoms with Crippen LogP contribution < -0.4 is 0 Å². The molecule has 0 aliphatic heterocycles. The molecular weight excluding hydrogens is 228 g/mol. The molecule has 0 saturated heterocycles. The lowest BCUT2D eigenvalue weighted by Crippen LogP contribution is -1.95. The SMILES string of the molecule is N#CCc1ccc(-c2ccsc2)c(F)c1F. The predicted octanol–water partition coefficient (Wildman–Crippen LogP) is 3.76. The fraction of sp³-hybridized carbons (Fsp3) is 0.0833. The highest BCUT2D eigenvalue weighted by atomic mass is 32.1. The maximum atomic E-state index is 13.7. The number of nitrogens with zero attached hydrogens (tertiary/aromatic N) is 1. The summed E-state index contributed by atoms with van der Waals surface area (Å²) in [5.41, 5.74) is 0.990. The van der Waals surface area contributed by atoms with Gasteiger partial charge in [-0.05, 0) is 22.4 Å². The first-order valence-electron chi connectivity index (χ1n) is 4.60. The van der Waals surface area contributed by atoms with Gasteiger partial charge in [0, 0.05) is 11.1 Å². The first-order valence-corrected chi connectivity index (χ1v) is 5.54. The van der Waals surface area contributed by atoms with Crippen LogP contribution in [0.15, 0.2) is 29.0 Å². The highest BCUT2D eigenvalue weighted by Crippen LogP contribution is 2.28. The molecular formula is C12H7F2NS. The summed E-state index contributed by atoms with van der Waals surface area (Å²) in [6.07, 6.45) is -0.118. The molecule has 1 nitrogen and oxygen atoms in total. The average molecular weight is 235 g/mol. The van der Waals surface area contributed by atoms with Gasteiger partial charge >= 0.3 is 0 Å². The number of thiophene rings is 1. The molecule has 0 fully saturated rings. The maximum absolute atomic E-state index is 13.7. The Balaban J connectivity index is 2.52. The summed E-state index contributed by atoms with van der Waals surface area (Å²) in [4.78, 5) is 0. The third kappa shape index (κ3) is 1.82. The first-order chi connectivity index (χ1) is 7.74. The molecule has 1 heterocycles. The quantitative estimate of drug-likeness (QED) is 0.777. The highest BCUT2D eigenvalue weighted by molar-refractivity contribution is 7.08. The van der Waals surface area contributed by atoms with Gasteiger partial charge in [0.05, 0.1) is 12.5 Å². The largest absolute Gasteiger partial charge is 0.203 e. The van der Waals surface area contributed by atoms with E-state index in [-0.39, 0.29) is 17.5 Å². The fourth-order valence-electron chi connectivity index (χ4n) is 1.45. The van der Waals surface area contributed by atoms with E-state index in [9.17, 15) is 8.78 Å². The van der Waals surface area contributed by atoms with E-state index in [1.54, 1.807) is 22.9 Å². The molecule has 0 aliphatic carbocycles. The van der Waals surface area contributed by atoms with Crippen LogP contribution in [0.2, 0.25) is 0 Å². The van der Waals surface area contributed by atoms with Crippen LogP contribution in [-0.2, 0) is 6.42 Å². The maximum Gasteiger partial charge on any atom is 0.166 e. The summed E-state index contributed by atoms with van der Waals surface area (Å²) < 4.78 is 27.2. The molecule has 0 amide bonds. The molecule has 1 aromatic heterocycles. The Kier molecular flexibility index (Phi) is 2.97. The Bertz CT molecular complexity index is 541. The van der Waals surface area contributed by atoms with Crippen molar-refractivity contribution in [1.29, 1.82) is 5.26 Å². The number of nitriles is 1. The molecule has 0 aliphatic rings. The number of hydrogen-bond acceptors (Lipinski definition) is 2. The van der Waals surface area contributed by atoms with Gasteiger partial charge in [-0.15, -0.1) is 0 Å². The minimum atomic E-state index is -0.926. The van der Waals surface area contributed by atoms with Gasteiger partial charge in [-0.3, -0.25) is 0 Å². The van der Waals surface area contributed by atoms with E-state index in [4.69, 9.17) is 5.26 Å². The van der Waals surface area contributed by atoms with Gasteiger partial charge in [0.2, 0.25) is 0 Å². The van der Waals surface area contributed by atoms with Gasteiger partial charge < -0.3 is 0 Å². The lowest BCUT2D eigenvalue weighted by atomic mass is 10.0. The lowest BCUT2D eigenvalue weighted by molar-refractivity contribution is 0.504. The molecule has 0 bridgehead atoms. The van der Waals surface area contributed by atoms with E-state index in [1.807, 2.05) is 0 Å². The predicted molar refractivity (Wildman–Crippen MR) is 59.0 cm³/mol. The second-order valence-electron chi connectivity index (χ2n) is 3.25. The zero-order valence-electron chi connectivity index (χ0n) is 8.21. The Morgan fingerprint density at radius 2 is 2.00 bits per heavy atom. The fourth-order valence-corrected chi connectivity index (χ4v) is 2.11. The summed E-state index contributed by atoms with van der Waals surface area (Å²) >= 11 is 1.42. The number of halogens is 2. The van der Waals surface area contributed by atoms with Crippen LogP contribution in [0.1, 0.15) is 5.56 Å². The van der Waals surface area contributed by atoms with Gasteiger partial charge in [-0.2, -0.15) is 16.6 Å². The van der Waals surface area contributed by atoms with Crippen molar-refractivity contribution in [1.82, 2.24) is 0 Å². The first kappa shape index (κ1) is 10.8. The molecule has 0 atom stereocenters. The minimum Gasteiger partial charge on any atom is -0.203 e. The lowest BCUT2D eigenvalue weighted by Gasteiger charge is -2.04. The van der Waals surface area contributed by atoms with Crippen molar-refractivity contribution in [3.05, 3.63) is 46.2 Å². The monoisotopic (exact) mass is 235 g/mol. The normalized spacial score (nSPS) is 10.1. The topological polar surface area (TPSA) is 23.8 Å². The van der Waals surface area contributed by atoms with E-state index in [2.05, 4.69) is 0 Å². The minimum absolute atomic E-state index is 0.0963. The smallest absolute Gasteiger partial charge is 0.166 e. The molecule has 16 heavy (non-hydrogen) atoms. The van der Waals surface area contributed by atoms with Gasteiger partial charge in [0.25, 0.3) is 0 Å². The van der Waals surface area contributed by atoms with Crippen LogP contribution >= 0.6 is 11.3 Å². The van der Waals surface area contributed by atoms with Crippen LogP contribution in [0.3, 0.4) is 0 Å². The summed E-state index contributed by atoms with van der Waals surface area (Å²) in [7, 11) is 0. The zero-order valence-corrected chi connectivity index (χ0v) is 9.02. The number of rotatable bonds is 2. The van der Waals surface area contributed by atoms with Crippen LogP contribution in [0.25, 0.3) is 11.1 Å². The Hall–Kier alpha value is -1.73. The van der Waals surface area contributed by atoms with Gasteiger partial charge in [-0.25, -0.2) is 8.78 Å². The van der Waals surface area contributed by atoms with Crippen molar-refractivity contribution in [3.63, 3.8) is 0 Å². The van der Waals surface area contributed by atoms with Crippen molar-refractivity contribution >= 4 is 11.3 Å². The molecule has 0 N–H and O–H groups in total. The average Bonchev–Trinajstić information content (AvgIpc) is 2.79. The van der Waals surface area contributed by atoms with E-state index in [0.29, 0.717) is 5.56 Å². The molecule has 2 aromatic rings. The van der Waals surface area contributed by atoms with Crippen molar-refractivity contribution < 1.29 is 8.78 Å². The Labute approximate surface area is 95.6 Å². The second-order valence-corrected chi connectivity index (χ2v) is 4.03. The van der Waals surface area contributed by atoms with E-state index >= 15 is 0 Å². The number of benzene rings is 1. The second kappa shape index (κ2) is 4.42. The molecule has 0 unspecified atom stereocenters. The van der Waals surface area contributed by atoms with Crippen molar-refractivity contribution in [2.75, 3.05) is 0 Å². The highest BCUT2D eigenvalue weighted by Gasteiger charge is 2.14. The van der Waals surface area contributed by atoms with E-state index < -0.39 is 11.6 Å². The van der Waals surface area contributed by atoms with Crippen molar-refractivity contribution in [3.8, 4) is 17.2 Å². The summed E-state index contributed by atoms with van der Waals surface area (Å²) in [5, 5.41) is 12.0. The van der Waals surface area contributed by atoms with Gasteiger partial charge in [0.1, 0.15) is 0 Å². The van der Waals surface area contributed by atoms with Crippen molar-refractivity contribution in [2.45, 2.75) is 6.42 Å². The molecule has 1 aromatic carbocycles. The van der Waals surface area contributed by atoms with Gasteiger partial charge in [-0.1, -0.05) is 12.1 Å². The Morgan fingerprint density at radius 1 is 1.19 bits per heavy atom. The van der Waals surface area contributed by atoms with Crippen molar-refractivity contribution in [2.24, 2.45) is 0 Å². The molecule has 0 radical (unpaired) electrons. The number of hydrogen-bond donors (Lipinski definition) is 0. The third-order valence-corrected chi connectivity index (χ3v) is 2.95. The summed E-state index contributed by atoms with van der Waals surface area (Å²) in [5.74, 6) is -1.81. The van der Waals surface area contributed by atoms with Gasteiger partial charge in [0.15, 0.2) is 11.6 Å². The van der Waals surface area contributed by atoms with E-state index in [1.165, 1.54) is 23.5 Å². The molecule has 0 saturated carbocycles. The standard InChI is InChI=1S/C12H7F2NS/c13-11-8(3-5-15)1-2-10(12(11)14)9-4-6-16-7-9/h1-2,4,6-7H,3H2. The van der Waals surface area contributed by atoms with Crippen LogP contribution in [0, 0.1) is 23.0 Å². The van der Waals surface area contributed by atoms with E-state index in [0.717, 1.165) is 0 Å². The molecule has 80 valence electrons. The summed E-state index contributed by atoms with van der Waals surface area (Å²) in [6.45, 7) is 0. The van der Waals surface area contributed by atoms with Crippen LogP contribution in [0.5, 0.6) is 0 Å². The molecule has 0 spiro atoms.